The highest BCUT2D eigenvalue weighted by atomic mass is 79.9. The van der Waals surface area contributed by atoms with Gasteiger partial charge in [0.05, 0.1) is 12.5 Å². The van der Waals surface area contributed by atoms with Gasteiger partial charge in [0.1, 0.15) is 6.61 Å². The van der Waals surface area contributed by atoms with Gasteiger partial charge < -0.3 is 15.8 Å². The molecule has 0 heterocycles. The van der Waals surface area contributed by atoms with Crippen molar-refractivity contribution in [2.24, 2.45) is 5.73 Å². The summed E-state index contributed by atoms with van der Waals surface area (Å²) in [5, 5.41) is 3.10. The lowest BCUT2D eigenvalue weighted by atomic mass is 10.0. The molecule has 5 nitrogen and oxygen atoms in total. The predicted molar refractivity (Wildman–Crippen MR) is 95.5 cm³/mol. The third kappa shape index (κ3) is 5.54. The number of hydrogen-bond acceptors (Lipinski definition) is 3. The molecular formula is C17H16BrClN2O3. The summed E-state index contributed by atoms with van der Waals surface area (Å²) >= 11 is 9.25. The van der Waals surface area contributed by atoms with Crippen molar-refractivity contribution in [2.45, 2.75) is 19.1 Å². The number of carbonyl (C=O) groups is 2. The van der Waals surface area contributed by atoms with Gasteiger partial charge >= 0.3 is 12.0 Å². The minimum atomic E-state index is -0.714. The van der Waals surface area contributed by atoms with Crippen LogP contribution < -0.4 is 11.1 Å². The van der Waals surface area contributed by atoms with Crippen LogP contribution in [0.4, 0.5) is 4.79 Å². The van der Waals surface area contributed by atoms with Crippen LogP contribution in [0.25, 0.3) is 0 Å². The smallest absolute Gasteiger partial charge is 0.312 e. The standard InChI is InChI=1S/C17H16BrClN2O3/c18-14-4-2-1-3-12(14)10-24-16(22)9-15(21-17(20)23)11-5-7-13(19)8-6-11/h1-8,15H,9-10H2,(H3,20,21,23)/t15-/m1/s1. The SMILES string of the molecule is NC(=O)N[C@H](CC(=O)OCc1ccccc1Br)c1ccc(Cl)cc1. The molecule has 24 heavy (non-hydrogen) atoms. The highest BCUT2D eigenvalue weighted by Crippen LogP contribution is 2.21. The van der Waals surface area contributed by atoms with Crippen LogP contribution in [0, 0.1) is 0 Å². The van der Waals surface area contributed by atoms with E-state index in [9.17, 15) is 9.59 Å². The summed E-state index contributed by atoms with van der Waals surface area (Å²) in [7, 11) is 0. The van der Waals surface area contributed by atoms with Crippen molar-refractivity contribution in [1.82, 2.24) is 5.32 Å². The van der Waals surface area contributed by atoms with Gasteiger partial charge in [0.25, 0.3) is 0 Å². The molecule has 0 aliphatic rings. The lowest BCUT2D eigenvalue weighted by Gasteiger charge is -2.17. The first kappa shape index (κ1) is 18.3. The Bertz CT molecular complexity index is 722. The van der Waals surface area contributed by atoms with Gasteiger partial charge in [0.15, 0.2) is 0 Å². The molecule has 2 rings (SSSR count). The molecule has 0 aliphatic heterocycles. The Kier molecular flexibility index (Phi) is 6.63. The van der Waals surface area contributed by atoms with Crippen molar-refractivity contribution in [2.75, 3.05) is 0 Å². The summed E-state index contributed by atoms with van der Waals surface area (Å²) < 4.78 is 6.14. The summed E-state index contributed by atoms with van der Waals surface area (Å²) in [5.74, 6) is -0.445. The Hall–Kier alpha value is -2.05. The minimum absolute atomic E-state index is 0.0327. The molecule has 0 saturated carbocycles. The van der Waals surface area contributed by atoms with Crippen molar-refractivity contribution in [3.8, 4) is 0 Å². The molecule has 0 saturated heterocycles. The summed E-state index contributed by atoms with van der Waals surface area (Å²) in [5.41, 5.74) is 6.76. The topological polar surface area (TPSA) is 81.4 Å². The molecule has 0 unspecified atom stereocenters. The fraction of sp³-hybridized carbons (Fsp3) is 0.176. The number of amides is 2. The Morgan fingerprint density at radius 2 is 1.83 bits per heavy atom. The van der Waals surface area contributed by atoms with Crippen LogP contribution in [0.3, 0.4) is 0 Å². The van der Waals surface area contributed by atoms with Crippen LogP contribution in [-0.4, -0.2) is 12.0 Å². The molecule has 3 N–H and O–H groups in total. The number of benzene rings is 2. The summed E-state index contributed by atoms with van der Waals surface area (Å²) in [6.07, 6.45) is -0.0327. The Labute approximate surface area is 153 Å². The van der Waals surface area contributed by atoms with Gasteiger partial charge in [-0.3, -0.25) is 4.79 Å². The molecule has 2 aromatic rings. The molecular weight excluding hydrogens is 396 g/mol. The number of primary amides is 1. The monoisotopic (exact) mass is 410 g/mol. The van der Waals surface area contributed by atoms with E-state index in [4.69, 9.17) is 22.1 Å². The van der Waals surface area contributed by atoms with Crippen molar-refractivity contribution < 1.29 is 14.3 Å². The van der Waals surface area contributed by atoms with Gasteiger partial charge in [-0.2, -0.15) is 0 Å². The Balaban J connectivity index is 2.00. The third-order valence-electron chi connectivity index (χ3n) is 3.31. The van der Waals surface area contributed by atoms with Gasteiger partial charge in [-0.25, -0.2) is 4.79 Å². The molecule has 0 aromatic heterocycles. The molecule has 2 aromatic carbocycles. The highest BCUT2D eigenvalue weighted by Gasteiger charge is 2.18. The second kappa shape index (κ2) is 8.70. The molecule has 1 atom stereocenters. The van der Waals surface area contributed by atoms with Crippen LogP contribution in [0.15, 0.2) is 53.0 Å². The molecule has 0 bridgehead atoms. The fourth-order valence-electron chi connectivity index (χ4n) is 2.12. The van der Waals surface area contributed by atoms with Crippen LogP contribution in [0.5, 0.6) is 0 Å². The molecule has 0 fully saturated rings. The number of carbonyl (C=O) groups excluding carboxylic acids is 2. The molecule has 126 valence electrons. The average Bonchev–Trinajstić information content (AvgIpc) is 2.54. The number of rotatable bonds is 6. The van der Waals surface area contributed by atoms with Crippen LogP contribution in [-0.2, 0) is 16.1 Å². The lowest BCUT2D eigenvalue weighted by molar-refractivity contribution is -0.145. The van der Waals surface area contributed by atoms with Crippen molar-refractivity contribution in [1.29, 1.82) is 0 Å². The number of nitrogens with two attached hydrogens (primary N) is 1. The van der Waals surface area contributed by atoms with E-state index in [2.05, 4.69) is 21.2 Å². The Morgan fingerprint density at radius 3 is 2.46 bits per heavy atom. The predicted octanol–water partition coefficient (Wildman–Crippen LogP) is 3.95. The lowest BCUT2D eigenvalue weighted by Crippen LogP contribution is -2.34. The van der Waals surface area contributed by atoms with E-state index in [1.54, 1.807) is 24.3 Å². The number of nitrogens with one attached hydrogen (secondary N) is 1. The van der Waals surface area contributed by atoms with Gasteiger partial charge in [-0.15, -0.1) is 0 Å². The number of ether oxygens (including phenoxy) is 1. The van der Waals surface area contributed by atoms with Gasteiger partial charge in [-0.05, 0) is 23.8 Å². The maximum atomic E-state index is 12.1. The summed E-state index contributed by atoms with van der Waals surface area (Å²) in [4.78, 5) is 23.3. The van der Waals surface area contributed by atoms with E-state index >= 15 is 0 Å². The van der Waals surface area contributed by atoms with E-state index < -0.39 is 18.0 Å². The first-order valence-corrected chi connectivity index (χ1v) is 8.33. The molecule has 0 spiro atoms. The zero-order chi connectivity index (χ0) is 17.5. The third-order valence-corrected chi connectivity index (χ3v) is 4.33. The van der Waals surface area contributed by atoms with Crippen LogP contribution in [0.1, 0.15) is 23.6 Å². The summed E-state index contributed by atoms with van der Waals surface area (Å²) in [6.45, 7) is 0.143. The number of hydrogen-bond donors (Lipinski definition) is 2. The molecule has 2 amide bonds. The quantitative estimate of drug-likeness (QED) is 0.706. The first-order chi connectivity index (χ1) is 11.5. The maximum Gasteiger partial charge on any atom is 0.312 e. The van der Waals surface area contributed by atoms with Crippen molar-refractivity contribution in [3.63, 3.8) is 0 Å². The van der Waals surface area contributed by atoms with Gasteiger partial charge in [0.2, 0.25) is 0 Å². The largest absolute Gasteiger partial charge is 0.461 e. The fourth-order valence-corrected chi connectivity index (χ4v) is 2.64. The number of halogens is 2. The van der Waals surface area contributed by atoms with Crippen molar-refractivity contribution in [3.05, 3.63) is 69.2 Å². The zero-order valence-electron chi connectivity index (χ0n) is 12.7. The highest BCUT2D eigenvalue weighted by molar-refractivity contribution is 9.10. The minimum Gasteiger partial charge on any atom is -0.461 e. The average molecular weight is 412 g/mol. The second-order valence-electron chi connectivity index (χ2n) is 5.07. The number of esters is 1. The van der Waals surface area contributed by atoms with Crippen LogP contribution >= 0.6 is 27.5 Å². The van der Waals surface area contributed by atoms with E-state index in [1.807, 2.05) is 24.3 Å². The van der Waals surface area contributed by atoms with E-state index in [0.29, 0.717) is 5.02 Å². The molecule has 0 aliphatic carbocycles. The second-order valence-corrected chi connectivity index (χ2v) is 6.36. The van der Waals surface area contributed by atoms with Crippen LogP contribution in [0.2, 0.25) is 5.02 Å². The van der Waals surface area contributed by atoms with E-state index in [-0.39, 0.29) is 13.0 Å². The number of urea groups is 1. The van der Waals surface area contributed by atoms with Gasteiger partial charge in [0, 0.05) is 15.1 Å². The van der Waals surface area contributed by atoms with Gasteiger partial charge in [-0.1, -0.05) is 57.9 Å². The zero-order valence-corrected chi connectivity index (χ0v) is 15.0. The van der Waals surface area contributed by atoms with E-state index in [0.717, 1.165) is 15.6 Å². The van der Waals surface area contributed by atoms with E-state index in [1.165, 1.54) is 0 Å². The Morgan fingerprint density at radius 1 is 1.17 bits per heavy atom. The normalized spacial score (nSPS) is 11.6. The molecule has 0 radical (unpaired) electrons. The maximum absolute atomic E-state index is 12.1. The summed E-state index contributed by atoms with van der Waals surface area (Å²) in [6, 6.07) is 13.0. The molecule has 7 heteroatoms. The van der Waals surface area contributed by atoms with Crippen molar-refractivity contribution >= 4 is 39.5 Å². The first-order valence-electron chi connectivity index (χ1n) is 7.16.